The van der Waals surface area contributed by atoms with Crippen LogP contribution in [0.15, 0.2) is 54.6 Å². The summed E-state index contributed by atoms with van der Waals surface area (Å²) in [6, 6.07) is 17.1. The molecule has 2 aliphatic rings. The molecule has 2 aromatic carbocycles. The molecule has 1 atom stereocenters. The van der Waals surface area contributed by atoms with E-state index in [4.69, 9.17) is 0 Å². The number of carbonyl (C=O) groups is 2. The fourth-order valence-corrected chi connectivity index (χ4v) is 5.08. The molecule has 2 aromatic rings. The second kappa shape index (κ2) is 10.1. The van der Waals surface area contributed by atoms with Gasteiger partial charge in [-0.05, 0) is 74.9 Å². The minimum absolute atomic E-state index is 0.0673. The summed E-state index contributed by atoms with van der Waals surface area (Å²) in [4.78, 5) is 30.0. The highest BCUT2D eigenvalue weighted by molar-refractivity contribution is 6.07. The van der Waals surface area contributed by atoms with E-state index < -0.39 is 5.54 Å². The van der Waals surface area contributed by atoms with Crippen molar-refractivity contribution in [1.29, 1.82) is 0 Å². The number of phenols is 1. The normalized spacial score (nSPS) is 21.5. The van der Waals surface area contributed by atoms with Crippen LogP contribution in [0.3, 0.4) is 0 Å². The Hall–Kier alpha value is -3.30. The highest BCUT2D eigenvalue weighted by Gasteiger charge is 2.55. The summed E-state index contributed by atoms with van der Waals surface area (Å²) in [5.74, 6) is 5.86. The monoisotopic (exact) mass is 445 g/mol. The molecule has 3 amide bonds. The number of piperidine rings is 1. The zero-order valence-electron chi connectivity index (χ0n) is 19.1. The zero-order chi connectivity index (χ0) is 23.3. The zero-order valence-corrected chi connectivity index (χ0v) is 19.1. The predicted octanol–water partition coefficient (Wildman–Crippen LogP) is 3.55. The highest BCUT2D eigenvalue weighted by Crippen LogP contribution is 2.37. The number of nitrogens with one attached hydrogen (secondary N) is 1. The van der Waals surface area contributed by atoms with E-state index in [0.29, 0.717) is 6.42 Å². The molecular formula is C27H31N3O3. The van der Waals surface area contributed by atoms with Gasteiger partial charge in [0.15, 0.2) is 0 Å². The minimum atomic E-state index is -0.889. The maximum absolute atomic E-state index is 13.6. The fourth-order valence-electron chi connectivity index (χ4n) is 5.08. The van der Waals surface area contributed by atoms with Crippen molar-refractivity contribution in [1.82, 2.24) is 15.1 Å². The third-order valence-electron chi connectivity index (χ3n) is 6.87. The smallest absolute Gasteiger partial charge is 0.325 e. The van der Waals surface area contributed by atoms with Crippen LogP contribution in [0.25, 0.3) is 0 Å². The number of hydrogen-bond acceptors (Lipinski definition) is 4. The molecule has 4 rings (SSSR count). The molecule has 33 heavy (non-hydrogen) atoms. The highest BCUT2D eigenvalue weighted by atomic mass is 16.3. The molecule has 2 aliphatic heterocycles. The Kier molecular flexibility index (Phi) is 7.00. The summed E-state index contributed by atoms with van der Waals surface area (Å²) in [6.07, 6.45) is 2.96. The Balaban J connectivity index is 1.49. The lowest BCUT2D eigenvalue weighted by Gasteiger charge is -2.41. The van der Waals surface area contributed by atoms with Crippen molar-refractivity contribution in [2.75, 3.05) is 19.6 Å². The van der Waals surface area contributed by atoms with Crippen molar-refractivity contribution >= 4 is 11.9 Å². The number of likely N-dealkylation sites (tertiary alicyclic amines) is 1. The van der Waals surface area contributed by atoms with E-state index in [9.17, 15) is 14.7 Å². The lowest BCUT2D eigenvalue weighted by molar-refractivity contribution is -0.134. The molecule has 2 heterocycles. The summed E-state index contributed by atoms with van der Waals surface area (Å²) in [5.41, 5.74) is 1.34. The van der Waals surface area contributed by atoms with Crippen LogP contribution in [0.5, 0.6) is 5.75 Å². The largest absolute Gasteiger partial charge is 0.508 e. The van der Waals surface area contributed by atoms with E-state index in [1.54, 1.807) is 19.1 Å². The number of aryl methyl sites for hydroxylation is 1. The number of carbonyl (C=O) groups excluding carboxylic acids is 2. The summed E-state index contributed by atoms with van der Waals surface area (Å²) in [5, 5.41) is 12.9. The lowest BCUT2D eigenvalue weighted by atomic mass is 9.74. The summed E-state index contributed by atoms with van der Waals surface area (Å²) in [7, 11) is 0. The van der Waals surface area contributed by atoms with Gasteiger partial charge in [0, 0.05) is 6.54 Å². The van der Waals surface area contributed by atoms with E-state index in [-0.39, 0.29) is 30.2 Å². The molecule has 0 aliphatic carbocycles. The number of urea groups is 1. The van der Waals surface area contributed by atoms with Crippen molar-refractivity contribution < 1.29 is 14.7 Å². The topological polar surface area (TPSA) is 72.9 Å². The van der Waals surface area contributed by atoms with Crippen LogP contribution in [0, 0.1) is 17.8 Å². The molecule has 0 spiro atoms. The van der Waals surface area contributed by atoms with E-state index in [2.05, 4.69) is 34.2 Å². The summed E-state index contributed by atoms with van der Waals surface area (Å²) >= 11 is 0. The van der Waals surface area contributed by atoms with Gasteiger partial charge in [-0.3, -0.25) is 14.6 Å². The van der Waals surface area contributed by atoms with Gasteiger partial charge in [0.05, 0.1) is 6.54 Å². The third-order valence-corrected chi connectivity index (χ3v) is 6.87. The van der Waals surface area contributed by atoms with Crippen LogP contribution >= 0.6 is 0 Å². The SMILES string of the molecule is CC#CCN1C(=O)N[C@@](CCc2ccccc2)(C2CCN(Cc3cccc(O)c3)CC2)C1=O. The van der Waals surface area contributed by atoms with Crippen molar-refractivity contribution in [3.63, 3.8) is 0 Å². The molecule has 6 nitrogen and oxygen atoms in total. The van der Waals surface area contributed by atoms with Crippen LogP contribution < -0.4 is 5.32 Å². The quantitative estimate of drug-likeness (QED) is 0.505. The van der Waals surface area contributed by atoms with E-state index in [1.807, 2.05) is 30.3 Å². The van der Waals surface area contributed by atoms with Crippen molar-refractivity contribution in [3.05, 3.63) is 65.7 Å². The first-order valence-corrected chi connectivity index (χ1v) is 11.6. The Labute approximate surface area is 195 Å². The fraction of sp³-hybridized carbons (Fsp3) is 0.407. The van der Waals surface area contributed by atoms with Gasteiger partial charge in [0.2, 0.25) is 0 Å². The summed E-state index contributed by atoms with van der Waals surface area (Å²) < 4.78 is 0. The van der Waals surface area contributed by atoms with Gasteiger partial charge in [-0.15, -0.1) is 5.92 Å². The Morgan fingerprint density at radius 2 is 1.79 bits per heavy atom. The van der Waals surface area contributed by atoms with Gasteiger partial charge in [0.1, 0.15) is 11.3 Å². The van der Waals surface area contributed by atoms with Crippen LogP contribution in [0.4, 0.5) is 4.79 Å². The molecule has 6 heteroatoms. The number of nitrogens with zero attached hydrogens (tertiary/aromatic N) is 2. The predicted molar refractivity (Wildman–Crippen MR) is 127 cm³/mol. The molecule has 0 saturated carbocycles. The number of hydrogen-bond donors (Lipinski definition) is 2. The van der Waals surface area contributed by atoms with Crippen LogP contribution in [0.2, 0.25) is 0 Å². The first-order valence-electron chi connectivity index (χ1n) is 11.6. The Morgan fingerprint density at radius 3 is 2.48 bits per heavy atom. The van der Waals surface area contributed by atoms with E-state index in [1.165, 1.54) is 4.90 Å². The second-order valence-electron chi connectivity index (χ2n) is 8.93. The molecule has 172 valence electrons. The number of aromatic hydroxyl groups is 1. The van der Waals surface area contributed by atoms with Crippen molar-refractivity contribution in [2.24, 2.45) is 5.92 Å². The van der Waals surface area contributed by atoms with Crippen LogP contribution in [-0.4, -0.2) is 52.0 Å². The van der Waals surface area contributed by atoms with Crippen molar-refractivity contribution in [2.45, 2.75) is 44.7 Å². The average molecular weight is 446 g/mol. The Bertz CT molecular complexity index is 1050. The van der Waals surface area contributed by atoms with E-state index >= 15 is 0 Å². The molecule has 2 saturated heterocycles. The first-order chi connectivity index (χ1) is 16.0. The van der Waals surface area contributed by atoms with Crippen LogP contribution in [0.1, 0.15) is 37.3 Å². The second-order valence-corrected chi connectivity index (χ2v) is 8.93. The van der Waals surface area contributed by atoms with Gasteiger partial charge in [0.25, 0.3) is 5.91 Å². The number of rotatable bonds is 7. The van der Waals surface area contributed by atoms with Gasteiger partial charge in [-0.1, -0.05) is 48.4 Å². The third kappa shape index (κ3) is 5.04. The maximum atomic E-state index is 13.6. The van der Waals surface area contributed by atoms with Gasteiger partial charge >= 0.3 is 6.03 Å². The molecule has 0 radical (unpaired) electrons. The lowest BCUT2D eigenvalue weighted by Crippen LogP contribution is -2.56. The average Bonchev–Trinajstić information content (AvgIpc) is 3.07. The van der Waals surface area contributed by atoms with E-state index in [0.717, 1.165) is 50.0 Å². The van der Waals surface area contributed by atoms with Gasteiger partial charge < -0.3 is 10.4 Å². The van der Waals surface area contributed by atoms with Gasteiger partial charge in [-0.2, -0.15) is 0 Å². The standard InChI is InChI=1S/C27H31N3O3/c1-2-3-16-30-25(32)27(28-26(30)33,15-12-21-8-5-4-6-9-21)23-13-17-29(18-14-23)20-22-10-7-11-24(31)19-22/h4-11,19,23,31H,12-18,20H2,1H3,(H,28,33)/t27-/m0/s1. The first kappa shape index (κ1) is 22.9. The molecule has 0 unspecified atom stereocenters. The number of phenolic OH excluding ortho intramolecular Hbond substituents is 1. The van der Waals surface area contributed by atoms with Crippen LogP contribution in [-0.2, 0) is 17.8 Å². The number of benzene rings is 2. The Morgan fingerprint density at radius 1 is 1.06 bits per heavy atom. The minimum Gasteiger partial charge on any atom is -0.508 e. The molecule has 2 fully saturated rings. The number of amides is 3. The molecule has 0 bridgehead atoms. The molecule has 2 N–H and O–H groups in total. The maximum Gasteiger partial charge on any atom is 0.325 e. The summed E-state index contributed by atoms with van der Waals surface area (Å²) in [6.45, 7) is 4.28. The van der Waals surface area contributed by atoms with Gasteiger partial charge in [-0.25, -0.2) is 4.79 Å². The number of imide groups is 1. The molecule has 0 aromatic heterocycles. The van der Waals surface area contributed by atoms with Crippen molar-refractivity contribution in [3.8, 4) is 17.6 Å². The molecular weight excluding hydrogens is 414 g/mol.